The minimum absolute atomic E-state index is 0.365. The van der Waals surface area contributed by atoms with Gasteiger partial charge >= 0.3 is 5.97 Å². The molecule has 4 nitrogen and oxygen atoms in total. The molecule has 0 radical (unpaired) electrons. The van der Waals surface area contributed by atoms with Crippen molar-refractivity contribution < 1.29 is 19.0 Å². The van der Waals surface area contributed by atoms with Crippen molar-refractivity contribution in [2.24, 2.45) is 0 Å². The van der Waals surface area contributed by atoms with Crippen LogP contribution in [0.5, 0.6) is 0 Å². The van der Waals surface area contributed by atoms with Gasteiger partial charge in [-0.2, -0.15) is 0 Å². The van der Waals surface area contributed by atoms with E-state index in [4.69, 9.17) is 9.84 Å². The van der Waals surface area contributed by atoms with Crippen molar-refractivity contribution in [1.82, 2.24) is 4.90 Å². The summed E-state index contributed by atoms with van der Waals surface area (Å²) in [5.41, 5.74) is 1.52. The topological polar surface area (TPSA) is 49.8 Å². The van der Waals surface area contributed by atoms with Crippen LogP contribution in [-0.2, 0) is 16.1 Å². The molecule has 0 saturated carbocycles. The number of carboxylic acid groups (broad SMARTS) is 1. The molecule has 0 spiro atoms. The molecule has 102 valence electrons. The summed E-state index contributed by atoms with van der Waals surface area (Å²) in [6.45, 7) is 3.73. The summed E-state index contributed by atoms with van der Waals surface area (Å²) in [5.74, 6) is -1.41. The summed E-state index contributed by atoms with van der Waals surface area (Å²) in [5, 5.41) is 8.65. The zero-order valence-corrected chi connectivity index (χ0v) is 10.5. The highest BCUT2D eigenvalue weighted by Gasteiger charge is 2.12. The van der Waals surface area contributed by atoms with Crippen LogP contribution < -0.4 is 0 Å². The molecule has 1 N–H and O–H groups in total. The Labute approximate surface area is 111 Å². The van der Waals surface area contributed by atoms with Crippen molar-refractivity contribution in [3.05, 3.63) is 41.2 Å². The molecule has 1 aliphatic rings. The van der Waals surface area contributed by atoms with Gasteiger partial charge in [0, 0.05) is 25.7 Å². The van der Waals surface area contributed by atoms with E-state index in [1.165, 1.54) is 18.2 Å². The molecule has 1 fully saturated rings. The molecule has 19 heavy (non-hydrogen) atoms. The highest BCUT2D eigenvalue weighted by atomic mass is 19.1. The van der Waals surface area contributed by atoms with E-state index in [2.05, 4.69) is 4.90 Å². The first-order valence-electron chi connectivity index (χ1n) is 6.15. The molecule has 0 unspecified atom stereocenters. The average molecular weight is 265 g/mol. The van der Waals surface area contributed by atoms with Gasteiger partial charge in [0.25, 0.3) is 0 Å². The van der Waals surface area contributed by atoms with Gasteiger partial charge in [-0.05, 0) is 29.3 Å². The van der Waals surface area contributed by atoms with Crippen LogP contribution in [0.4, 0.5) is 4.39 Å². The van der Waals surface area contributed by atoms with Crippen LogP contribution in [0.1, 0.15) is 11.1 Å². The number of carboxylic acids is 1. The standard InChI is InChI=1S/C14H16FNO3/c15-13-3-1-12(10-16-5-7-19-8-6-16)11(9-13)2-4-14(17)18/h1-4,9H,5-8,10H2,(H,17,18)/b4-2+. The predicted octanol–water partition coefficient (Wildman–Crippen LogP) is 1.76. The van der Waals surface area contributed by atoms with Gasteiger partial charge < -0.3 is 9.84 Å². The fraction of sp³-hybridized carbons (Fsp3) is 0.357. The summed E-state index contributed by atoms with van der Waals surface area (Å²) in [6, 6.07) is 4.45. The monoisotopic (exact) mass is 265 g/mol. The van der Waals surface area contributed by atoms with Crippen LogP contribution >= 0.6 is 0 Å². The number of halogens is 1. The molecule has 1 aromatic rings. The summed E-state index contributed by atoms with van der Waals surface area (Å²) < 4.78 is 18.5. The Kier molecular flexibility index (Phi) is 4.65. The van der Waals surface area contributed by atoms with E-state index >= 15 is 0 Å². The quantitative estimate of drug-likeness (QED) is 0.843. The fourth-order valence-electron chi connectivity index (χ4n) is 2.03. The Hall–Kier alpha value is -1.72. The number of ether oxygens (including phenoxy) is 1. The Morgan fingerprint density at radius 2 is 2.16 bits per heavy atom. The first-order valence-corrected chi connectivity index (χ1v) is 6.15. The normalized spacial score (nSPS) is 16.9. The van der Waals surface area contributed by atoms with Crippen LogP contribution in [-0.4, -0.2) is 42.3 Å². The molecule has 0 bridgehead atoms. The van der Waals surface area contributed by atoms with Crippen molar-refractivity contribution in [3.63, 3.8) is 0 Å². The second-order valence-corrected chi connectivity index (χ2v) is 4.40. The van der Waals surface area contributed by atoms with E-state index in [1.54, 1.807) is 6.07 Å². The molecular weight excluding hydrogens is 249 g/mol. The van der Waals surface area contributed by atoms with Gasteiger partial charge in [-0.25, -0.2) is 9.18 Å². The Bertz CT molecular complexity index is 482. The van der Waals surface area contributed by atoms with E-state index in [0.717, 1.165) is 24.7 Å². The third-order valence-electron chi connectivity index (χ3n) is 3.01. The van der Waals surface area contributed by atoms with E-state index in [0.29, 0.717) is 25.3 Å². The Balaban J connectivity index is 2.15. The first-order chi connectivity index (χ1) is 9.15. The molecule has 5 heteroatoms. The average Bonchev–Trinajstić information content (AvgIpc) is 2.40. The van der Waals surface area contributed by atoms with Gasteiger partial charge in [0.2, 0.25) is 0 Å². The number of nitrogens with zero attached hydrogens (tertiary/aromatic N) is 1. The van der Waals surface area contributed by atoms with Crippen LogP contribution in [0.2, 0.25) is 0 Å². The SMILES string of the molecule is O=C(O)/C=C/c1cc(F)ccc1CN1CCOCC1. The van der Waals surface area contributed by atoms with E-state index in [-0.39, 0.29) is 5.82 Å². The summed E-state index contributed by atoms with van der Waals surface area (Å²) >= 11 is 0. The number of benzene rings is 1. The van der Waals surface area contributed by atoms with Gasteiger partial charge in [0.1, 0.15) is 5.82 Å². The van der Waals surface area contributed by atoms with Crippen molar-refractivity contribution in [2.45, 2.75) is 6.54 Å². The molecule has 0 aliphatic carbocycles. The lowest BCUT2D eigenvalue weighted by molar-refractivity contribution is -0.131. The molecule has 1 aromatic carbocycles. The van der Waals surface area contributed by atoms with E-state index in [9.17, 15) is 9.18 Å². The van der Waals surface area contributed by atoms with Gasteiger partial charge in [0.05, 0.1) is 13.2 Å². The van der Waals surface area contributed by atoms with Crippen molar-refractivity contribution in [3.8, 4) is 0 Å². The van der Waals surface area contributed by atoms with Crippen LogP contribution in [0.3, 0.4) is 0 Å². The highest BCUT2D eigenvalue weighted by Crippen LogP contribution is 2.16. The molecule has 2 rings (SSSR count). The van der Waals surface area contributed by atoms with E-state index in [1.807, 2.05) is 0 Å². The summed E-state index contributed by atoms with van der Waals surface area (Å²) in [7, 11) is 0. The largest absolute Gasteiger partial charge is 0.478 e. The highest BCUT2D eigenvalue weighted by molar-refractivity contribution is 5.85. The predicted molar refractivity (Wildman–Crippen MR) is 69.2 cm³/mol. The Morgan fingerprint density at radius 3 is 2.84 bits per heavy atom. The third-order valence-corrected chi connectivity index (χ3v) is 3.01. The van der Waals surface area contributed by atoms with Gasteiger partial charge in [-0.15, -0.1) is 0 Å². The number of hydrogen-bond acceptors (Lipinski definition) is 3. The van der Waals surface area contributed by atoms with Gasteiger partial charge in [-0.3, -0.25) is 4.90 Å². The second kappa shape index (κ2) is 6.45. The molecule has 0 atom stereocenters. The minimum Gasteiger partial charge on any atom is -0.478 e. The molecule has 0 amide bonds. The molecular formula is C14H16FNO3. The maximum atomic E-state index is 13.2. The molecule has 1 aliphatic heterocycles. The smallest absolute Gasteiger partial charge is 0.328 e. The number of aliphatic carboxylic acids is 1. The zero-order valence-electron chi connectivity index (χ0n) is 10.5. The lowest BCUT2D eigenvalue weighted by atomic mass is 10.1. The lowest BCUT2D eigenvalue weighted by Crippen LogP contribution is -2.35. The molecule has 1 saturated heterocycles. The number of carbonyl (C=O) groups is 1. The van der Waals surface area contributed by atoms with E-state index < -0.39 is 5.97 Å². The minimum atomic E-state index is -1.04. The third kappa shape index (κ3) is 4.15. The Morgan fingerprint density at radius 1 is 1.42 bits per heavy atom. The van der Waals surface area contributed by atoms with Gasteiger partial charge in [0.15, 0.2) is 0 Å². The summed E-state index contributed by atoms with van der Waals surface area (Å²) in [4.78, 5) is 12.8. The van der Waals surface area contributed by atoms with Crippen molar-refractivity contribution in [2.75, 3.05) is 26.3 Å². The van der Waals surface area contributed by atoms with Crippen LogP contribution in [0, 0.1) is 5.82 Å². The van der Waals surface area contributed by atoms with Gasteiger partial charge in [-0.1, -0.05) is 6.07 Å². The lowest BCUT2D eigenvalue weighted by Gasteiger charge is -2.27. The first kappa shape index (κ1) is 13.7. The maximum absolute atomic E-state index is 13.2. The van der Waals surface area contributed by atoms with Crippen molar-refractivity contribution >= 4 is 12.0 Å². The van der Waals surface area contributed by atoms with Crippen LogP contribution in [0.25, 0.3) is 6.08 Å². The molecule has 0 aromatic heterocycles. The number of hydrogen-bond donors (Lipinski definition) is 1. The zero-order chi connectivity index (χ0) is 13.7. The maximum Gasteiger partial charge on any atom is 0.328 e. The fourth-order valence-corrected chi connectivity index (χ4v) is 2.03. The summed E-state index contributed by atoms with van der Waals surface area (Å²) in [6.07, 6.45) is 2.46. The second-order valence-electron chi connectivity index (χ2n) is 4.40. The number of rotatable bonds is 4. The van der Waals surface area contributed by atoms with Crippen LogP contribution in [0.15, 0.2) is 24.3 Å². The molecule has 1 heterocycles. The number of morpholine rings is 1. The van der Waals surface area contributed by atoms with Crippen molar-refractivity contribution in [1.29, 1.82) is 0 Å².